The van der Waals surface area contributed by atoms with Crippen molar-refractivity contribution >= 4 is 39.0 Å². The molecule has 0 heterocycles. The van der Waals surface area contributed by atoms with Gasteiger partial charge in [-0.3, -0.25) is 19.6 Å². The van der Waals surface area contributed by atoms with E-state index in [9.17, 15) is 23.3 Å². The number of carboxylic acids is 1. The first kappa shape index (κ1) is 15.2. The highest BCUT2D eigenvalue weighted by Gasteiger charge is 2.17. The molecule has 19 heavy (non-hydrogen) atoms. The fraction of sp³-hybridized carbons (Fsp3) is 0.222. The van der Waals surface area contributed by atoms with Gasteiger partial charge in [0.1, 0.15) is 5.02 Å². The van der Waals surface area contributed by atoms with Crippen molar-refractivity contribution in [1.82, 2.24) is 0 Å². The summed E-state index contributed by atoms with van der Waals surface area (Å²) in [6.07, 6.45) is -0.564. The van der Waals surface area contributed by atoms with E-state index in [0.29, 0.717) is 0 Å². The fourth-order valence-corrected chi connectivity index (χ4v) is 2.39. The van der Waals surface area contributed by atoms with Gasteiger partial charge in [-0.25, -0.2) is 8.42 Å². The summed E-state index contributed by atoms with van der Waals surface area (Å²) in [4.78, 5) is 20.2. The van der Waals surface area contributed by atoms with Crippen LogP contribution in [0.2, 0.25) is 5.02 Å². The number of nitro groups is 1. The van der Waals surface area contributed by atoms with E-state index < -0.39 is 38.8 Å². The van der Waals surface area contributed by atoms with E-state index in [1.54, 1.807) is 0 Å². The normalized spacial score (nSPS) is 11.0. The lowest BCUT2D eigenvalue weighted by molar-refractivity contribution is -0.384. The van der Waals surface area contributed by atoms with Gasteiger partial charge in [-0.15, -0.1) is 0 Å². The first-order valence-corrected chi connectivity index (χ1v) is 6.90. The number of anilines is 1. The Morgan fingerprint density at radius 1 is 1.47 bits per heavy atom. The number of nitrogens with zero attached hydrogens (tertiary/aromatic N) is 1. The Morgan fingerprint density at radius 2 is 2.11 bits per heavy atom. The molecule has 0 aliphatic heterocycles. The molecule has 0 aliphatic rings. The molecule has 0 aromatic heterocycles. The van der Waals surface area contributed by atoms with Crippen molar-refractivity contribution in [1.29, 1.82) is 0 Å². The maximum absolute atomic E-state index is 11.5. The minimum atomic E-state index is -3.88. The van der Waals surface area contributed by atoms with Gasteiger partial charge in [0.05, 0.1) is 22.8 Å². The summed E-state index contributed by atoms with van der Waals surface area (Å²) in [5.74, 6) is -1.88. The zero-order valence-corrected chi connectivity index (χ0v) is 10.9. The number of nitrogens with one attached hydrogen (secondary N) is 1. The maximum atomic E-state index is 11.5. The number of hydrogen-bond acceptors (Lipinski definition) is 5. The Bertz CT molecular complexity index is 615. The molecule has 0 fully saturated rings. The van der Waals surface area contributed by atoms with Crippen LogP contribution in [0.4, 0.5) is 11.4 Å². The monoisotopic (exact) mass is 308 g/mol. The third kappa shape index (κ3) is 4.72. The summed E-state index contributed by atoms with van der Waals surface area (Å²) >= 11 is 5.57. The molecule has 0 unspecified atom stereocenters. The summed E-state index contributed by atoms with van der Waals surface area (Å²) in [5.41, 5.74) is -0.499. The summed E-state index contributed by atoms with van der Waals surface area (Å²) in [7, 11) is -3.88. The average Bonchev–Trinajstić information content (AvgIpc) is 2.28. The Kier molecular flexibility index (Phi) is 4.67. The SMILES string of the molecule is O=C(O)CCS(=O)(=O)Nc1ccc(Cl)c([N+](=O)[O-])c1. The van der Waals surface area contributed by atoms with Crippen molar-refractivity contribution in [2.45, 2.75) is 6.42 Å². The molecule has 0 bridgehead atoms. The molecule has 0 radical (unpaired) electrons. The molecule has 8 nitrogen and oxygen atoms in total. The molecule has 1 rings (SSSR count). The third-order valence-corrected chi connectivity index (χ3v) is 3.61. The fourth-order valence-electron chi connectivity index (χ4n) is 1.17. The van der Waals surface area contributed by atoms with E-state index in [-0.39, 0.29) is 10.7 Å². The van der Waals surface area contributed by atoms with Crippen LogP contribution in [-0.4, -0.2) is 30.2 Å². The van der Waals surface area contributed by atoms with Crippen LogP contribution < -0.4 is 4.72 Å². The molecular weight excluding hydrogens is 300 g/mol. The van der Waals surface area contributed by atoms with Gasteiger partial charge < -0.3 is 5.11 Å². The summed E-state index contributed by atoms with van der Waals surface area (Å²) < 4.78 is 25.0. The topological polar surface area (TPSA) is 127 Å². The van der Waals surface area contributed by atoms with Crippen LogP contribution in [-0.2, 0) is 14.8 Å². The van der Waals surface area contributed by atoms with Crippen molar-refractivity contribution in [3.05, 3.63) is 33.3 Å². The van der Waals surface area contributed by atoms with Gasteiger partial charge >= 0.3 is 5.97 Å². The van der Waals surface area contributed by atoms with E-state index in [1.165, 1.54) is 12.1 Å². The lowest BCUT2D eigenvalue weighted by atomic mass is 10.3. The first-order chi connectivity index (χ1) is 8.71. The predicted octanol–water partition coefficient (Wildman–Crippen LogP) is 1.46. The second-order valence-corrected chi connectivity index (χ2v) is 5.74. The predicted molar refractivity (Wildman–Crippen MR) is 67.8 cm³/mol. The van der Waals surface area contributed by atoms with Gasteiger partial charge in [0.15, 0.2) is 0 Å². The highest BCUT2D eigenvalue weighted by Crippen LogP contribution is 2.27. The molecule has 0 amide bonds. The smallest absolute Gasteiger partial charge is 0.304 e. The van der Waals surface area contributed by atoms with Crippen LogP contribution in [0.3, 0.4) is 0 Å². The second kappa shape index (κ2) is 5.85. The maximum Gasteiger partial charge on any atom is 0.304 e. The number of benzene rings is 1. The average molecular weight is 309 g/mol. The third-order valence-electron chi connectivity index (χ3n) is 2.00. The van der Waals surface area contributed by atoms with Crippen LogP contribution in [0.5, 0.6) is 0 Å². The molecule has 0 spiro atoms. The zero-order chi connectivity index (χ0) is 14.6. The Balaban J connectivity index is 2.91. The molecular formula is C9H9ClN2O6S. The number of carbonyl (C=O) groups is 1. The standard InChI is InChI=1S/C9H9ClN2O6S/c10-7-2-1-6(5-8(7)12(15)16)11-19(17,18)4-3-9(13)14/h1-2,5,11H,3-4H2,(H,13,14). The minimum Gasteiger partial charge on any atom is -0.481 e. The quantitative estimate of drug-likeness (QED) is 0.605. The van der Waals surface area contributed by atoms with Crippen molar-refractivity contribution in [3.8, 4) is 0 Å². The van der Waals surface area contributed by atoms with Crippen molar-refractivity contribution in [2.24, 2.45) is 0 Å². The zero-order valence-electron chi connectivity index (χ0n) is 9.37. The minimum absolute atomic E-state index is 0.0542. The van der Waals surface area contributed by atoms with Crippen molar-refractivity contribution < 1.29 is 23.2 Å². The number of aliphatic carboxylic acids is 1. The van der Waals surface area contributed by atoms with Crippen LogP contribution in [0.1, 0.15) is 6.42 Å². The van der Waals surface area contributed by atoms with Crippen LogP contribution in [0.15, 0.2) is 18.2 Å². The Hall–Kier alpha value is -1.87. The van der Waals surface area contributed by atoms with Gasteiger partial charge in [-0.05, 0) is 12.1 Å². The number of carboxylic acid groups (broad SMARTS) is 1. The number of nitro benzene ring substituents is 1. The molecule has 0 atom stereocenters. The highest BCUT2D eigenvalue weighted by molar-refractivity contribution is 7.92. The number of hydrogen-bond donors (Lipinski definition) is 2. The molecule has 0 aliphatic carbocycles. The van der Waals surface area contributed by atoms with Crippen LogP contribution >= 0.6 is 11.6 Å². The van der Waals surface area contributed by atoms with Crippen molar-refractivity contribution in [2.75, 3.05) is 10.5 Å². The molecule has 1 aromatic carbocycles. The lowest BCUT2D eigenvalue weighted by Crippen LogP contribution is -2.18. The highest BCUT2D eigenvalue weighted by atomic mass is 35.5. The molecule has 1 aromatic rings. The second-order valence-electron chi connectivity index (χ2n) is 3.49. The molecule has 2 N–H and O–H groups in total. The first-order valence-electron chi connectivity index (χ1n) is 4.87. The van der Waals surface area contributed by atoms with E-state index in [2.05, 4.69) is 0 Å². The summed E-state index contributed by atoms with van der Waals surface area (Å²) in [6.45, 7) is 0. The van der Waals surface area contributed by atoms with E-state index in [0.717, 1.165) is 6.07 Å². The lowest BCUT2D eigenvalue weighted by Gasteiger charge is -2.07. The number of halogens is 1. The van der Waals surface area contributed by atoms with E-state index in [4.69, 9.17) is 16.7 Å². The number of sulfonamides is 1. The Morgan fingerprint density at radius 3 is 2.63 bits per heavy atom. The van der Waals surface area contributed by atoms with Crippen LogP contribution in [0, 0.1) is 10.1 Å². The van der Waals surface area contributed by atoms with Crippen molar-refractivity contribution in [3.63, 3.8) is 0 Å². The molecule has 0 saturated carbocycles. The van der Waals surface area contributed by atoms with Gasteiger partial charge in [0, 0.05) is 6.07 Å². The van der Waals surface area contributed by atoms with Gasteiger partial charge in [0.2, 0.25) is 10.0 Å². The molecule has 104 valence electrons. The molecule has 10 heteroatoms. The van der Waals surface area contributed by atoms with Gasteiger partial charge in [0.25, 0.3) is 5.69 Å². The van der Waals surface area contributed by atoms with E-state index in [1.807, 2.05) is 4.72 Å². The van der Waals surface area contributed by atoms with Gasteiger partial charge in [-0.2, -0.15) is 0 Å². The summed E-state index contributed by atoms with van der Waals surface area (Å²) in [6, 6.07) is 3.38. The summed E-state index contributed by atoms with van der Waals surface area (Å²) in [5, 5.41) is 18.9. The largest absolute Gasteiger partial charge is 0.481 e. The Labute approximate surface area is 113 Å². The number of rotatable bonds is 6. The molecule has 0 saturated heterocycles. The van der Waals surface area contributed by atoms with Crippen LogP contribution in [0.25, 0.3) is 0 Å². The van der Waals surface area contributed by atoms with E-state index >= 15 is 0 Å². The van der Waals surface area contributed by atoms with Gasteiger partial charge in [-0.1, -0.05) is 11.6 Å².